The Morgan fingerprint density at radius 2 is 1.71 bits per heavy atom. The second-order valence-corrected chi connectivity index (χ2v) is 5.78. The van der Waals surface area contributed by atoms with Crippen LogP contribution in [-0.4, -0.2) is 13.1 Å². The Morgan fingerprint density at radius 3 is 2.38 bits per heavy atom. The van der Waals surface area contributed by atoms with Crippen molar-refractivity contribution < 1.29 is 4.39 Å². The van der Waals surface area contributed by atoms with Gasteiger partial charge in [0, 0.05) is 26.2 Å². The van der Waals surface area contributed by atoms with Crippen LogP contribution < -0.4 is 10.2 Å². The maximum atomic E-state index is 13.7. The number of halogens is 1. The maximum absolute atomic E-state index is 13.7. The Labute approximate surface area is 125 Å². The van der Waals surface area contributed by atoms with Crippen molar-refractivity contribution in [3.05, 3.63) is 65.5 Å². The zero-order chi connectivity index (χ0) is 14.7. The van der Waals surface area contributed by atoms with Crippen molar-refractivity contribution in [1.29, 1.82) is 0 Å². The molecule has 3 heteroatoms. The molecule has 0 aromatic heterocycles. The fraction of sp³-hybridized carbons (Fsp3) is 0.333. The first-order chi connectivity index (χ1) is 10.2. The van der Waals surface area contributed by atoms with Gasteiger partial charge in [-0.15, -0.1) is 0 Å². The van der Waals surface area contributed by atoms with Gasteiger partial charge in [-0.3, -0.25) is 0 Å². The van der Waals surface area contributed by atoms with Gasteiger partial charge in [0.15, 0.2) is 0 Å². The number of rotatable bonds is 6. The van der Waals surface area contributed by atoms with Crippen molar-refractivity contribution in [2.75, 3.05) is 11.9 Å². The van der Waals surface area contributed by atoms with Crippen LogP contribution in [0.3, 0.4) is 0 Å². The van der Waals surface area contributed by atoms with Crippen molar-refractivity contribution >= 4 is 5.69 Å². The molecular weight excluding hydrogens is 263 g/mol. The Balaban J connectivity index is 1.60. The van der Waals surface area contributed by atoms with Gasteiger partial charge in [0.05, 0.1) is 5.69 Å². The van der Waals surface area contributed by atoms with Crippen LogP contribution in [0.5, 0.6) is 0 Å². The third kappa shape index (κ3) is 3.82. The fourth-order valence-electron chi connectivity index (χ4n) is 2.43. The molecule has 2 nitrogen and oxygen atoms in total. The molecule has 1 N–H and O–H groups in total. The second-order valence-electron chi connectivity index (χ2n) is 5.78. The molecule has 0 amide bonds. The van der Waals surface area contributed by atoms with Gasteiger partial charge in [-0.2, -0.15) is 0 Å². The minimum atomic E-state index is -0.176. The molecule has 1 aliphatic carbocycles. The van der Waals surface area contributed by atoms with Crippen LogP contribution in [0.4, 0.5) is 10.1 Å². The minimum absolute atomic E-state index is 0.176. The molecule has 0 radical (unpaired) electrons. The molecule has 110 valence electrons. The molecule has 0 atom stereocenters. The van der Waals surface area contributed by atoms with E-state index in [0.29, 0.717) is 12.2 Å². The van der Waals surface area contributed by atoms with E-state index in [9.17, 15) is 4.39 Å². The molecule has 1 fully saturated rings. The summed E-state index contributed by atoms with van der Waals surface area (Å²) in [5.41, 5.74) is 3.13. The van der Waals surface area contributed by atoms with Crippen LogP contribution in [0.2, 0.25) is 0 Å². The number of nitrogens with one attached hydrogen (secondary N) is 1. The number of benzene rings is 2. The van der Waals surface area contributed by atoms with Crippen molar-refractivity contribution in [2.45, 2.75) is 32.0 Å². The average molecular weight is 284 g/mol. The Morgan fingerprint density at radius 1 is 1.05 bits per heavy atom. The molecule has 1 aliphatic rings. The average Bonchev–Trinajstić information content (AvgIpc) is 3.31. The van der Waals surface area contributed by atoms with E-state index < -0.39 is 0 Å². The summed E-state index contributed by atoms with van der Waals surface area (Å²) in [4.78, 5) is 1.94. The highest BCUT2D eigenvalue weighted by atomic mass is 19.1. The van der Waals surface area contributed by atoms with Crippen molar-refractivity contribution in [3.8, 4) is 0 Å². The molecule has 0 heterocycles. The van der Waals surface area contributed by atoms with Crippen molar-refractivity contribution in [3.63, 3.8) is 0 Å². The lowest BCUT2D eigenvalue weighted by Crippen LogP contribution is -2.18. The van der Waals surface area contributed by atoms with Gasteiger partial charge in [-0.05, 0) is 36.1 Å². The molecule has 2 aromatic rings. The summed E-state index contributed by atoms with van der Waals surface area (Å²) in [6.07, 6.45) is 2.62. The SMILES string of the molecule is CN(Cc1ccc(CNC2CC2)cc1)c1ccccc1F. The smallest absolute Gasteiger partial charge is 0.146 e. The number of hydrogen-bond donors (Lipinski definition) is 1. The molecule has 0 aliphatic heterocycles. The molecule has 0 bridgehead atoms. The Bertz CT molecular complexity index is 590. The van der Waals surface area contributed by atoms with Gasteiger partial charge >= 0.3 is 0 Å². The molecule has 0 saturated heterocycles. The third-order valence-corrected chi connectivity index (χ3v) is 3.88. The maximum Gasteiger partial charge on any atom is 0.146 e. The van der Waals surface area contributed by atoms with Gasteiger partial charge in [-0.25, -0.2) is 4.39 Å². The highest BCUT2D eigenvalue weighted by Gasteiger charge is 2.19. The largest absolute Gasteiger partial charge is 0.368 e. The summed E-state index contributed by atoms with van der Waals surface area (Å²) >= 11 is 0. The summed E-state index contributed by atoms with van der Waals surface area (Å²) < 4.78 is 13.7. The predicted octanol–water partition coefficient (Wildman–Crippen LogP) is 3.71. The minimum Gasteiger partial charge on any atom is -0.368 e. The fourth-order valence-corrected chi connectivity index (χ4v) is 2.43. The van der Waals surface area contributed by atoms with Gasteiger partial charge in [0.25, 0.3) is 0 Å². The molecule has 0 spiro atoms. The van der Waals surface area contributed by atoms with E-state index in [1.807, 2.05) is 24.1 Å². The standard InChI is InChI=1S/C18H21FN2/c1-21(18-5-3-2-4-17(18)19)13-15-8-6-14(7-9-15)12-20-16-10-11-16/h2-9,16,20H,10-13H2,1H3. The van der Waals surface area contributed by atoms with Crippen LogP contribution in [0.15, 0.2) is 48.5 Å². The topological polar surface area (TPSA) is 15.3 Å². The van der Waals surface area contributed by atoms with E-state index in [-0.39, 0.29) is 5.82 Å². The number of anilines is 1. The van der Waals surface area contributed by atoms with Crippen LogP contribution in [0, 0.1) is 5.82 Å². The molecule has 1 saturated carbocycles. The normalized spacial score (nSPS) is 14.2. The summed E-state index contributed by atoms with van der Waals surface area (Å²) in [6, 6.07) is 16.2. The van der Waals surface area contributed by atoms with Crippen molar-refractivity contribution in [1.82, 2.24) is 5.32 Å². The lowest BCUT2D eigenvalue weighted by molar-refractivity contribution is 0.622. The highest BCUT2D eigenvalue weighted by molar-refractivity contribution is 5.47. The van der Waals surface area contributed by atoms with Gasteiger partial charge in [0.1, 0.15) is 5.82 Å². The summed E-state index contributed by atoms with van der Waals surface area (Å²) in [5.74, 6) is -0.176. The van der Waals surface area contributed by atoms with E-state index in [4.69, 9.17) is 0 Å². The van der Waals surface area contributed by atoms with Gasteiger partial charge in [0.2, 0.25) is 0 Å². The number of para-hydroxylation sites is 1. The number of nitrogens with zero attached hydrogens (tertiary/aromatic N) is 1. The highest BCUT2D eigenvalue weighted by Crippen LogP contribution is 2.21. The quantitative estimate of drug-likeness (QED) is 0.870. The number of hydrogen-bond acceptors (Lipinski definition) is 2. The molecular formula is C18H21FN2. The monoisotopic (exact) mass is 284 g/mol. The lowest BCUT2D eigenvalue weighted by atomic mass is 10.1. The summed E-state index contributed by atoms with van der Waals surface area (Å²) in [7, 11) is 1.92. The third-order valence-electron chi connectivity index (χ3n) is 3.88. The summed E-state index contributed by atoms with van der Waals surface area (Å²) in [6.45, 7) is 1.64. The van der Waals surface area contributed by atoms with E-state index in [1.165, 1.54) is 30.0 Å². The van der Waals surface area contributed by atoms with E-state index in [1.54, 1.807) is 6.07 Å². The zero-order valence-corrected chi connectivity index (χ0v) is 12.3. The van der Waals surface area contributed by atoms with Gasteiger partial charge in [-0.1, -0.05) is 36.4 Å². The van der Waals surface area contributed by atoms with Crippen LogP contribution in [0.25, 0.3) is 0 Å². The second kappa shape index (κ2) is 6.27. The predicted molar refractivity (Wildman–Crippen MR) is 84.8 cm³/mol. The van der Waals surface area contributed by atoms with Crippen LogP contribution in [-0.2, 0) is 13.1 Å². The van der Waals surface area contributed by atoms with Crippen LogP contribution >= 0.6 is 0 Å². The molecule has 21 heavy (non-hydrogen) atoms. The van der Waals surface area contributed by atoms with E-state index in [2.05, 4.69) is 29.6 Å². The molecule has 2 aromatic carbocycles. The van der Waals surface area contributed by atoms with Crippen molar-refractivity contribution in [2.24, 2.45) is 0 Å². The lowest BCUT2D eigenvalue weighted by Gasteiger charge is -2.20. The molecule has 3 rings (SSSR count). The molecule has 0 unspecified atom stereocenters. The first kappa shape index (κ1) is 14.1. The van der Waals surface area contributed by atoms with E-state index in [0.717, 1.165) is 12.6 Å². The summed E-state index contributed by atoms with van der Waals surface area (Å²) in [5, 5.41) is 3.51. The Kier molecular flexibility index (Phi) is 4.20. The zero-order valence-electron chi connectivity index (χ0n) is 12.3. The van der Waals surface area contributed by atoms with E-state index >= 15 is 0 Å². The van der Waals surface area contributed by atoms with Crippen LogP contribution in [0.1, 0.15) is 24.0 Å². The van der Waals surface area contributed by atoms with Gasteiger partial charge < -0.3 is 10.2 Å². The first-order valence-electron chi connectivity index (χ1n) is 7.49. The Hall–Kier alpha value is -1.87. The first-order valence-corrected chi connectivity index (χ1v) is 7.49.